The number of aryl methyl sites for hydroxylation is 1. The van der Waals surface area contributed by atoms with Crippen molar-refractivity contribution in [2.24, 2.45) is 0 Å². The first kappa shape index (κ1) is 16.8. The number of benzene rings is 2. The molecule has 0 fully saturated rings. The quantitative estimate of drug-likeness (QED) is 0.674. The number of nitrogens with one attached hydrogen (secondary N) is 1. The van der Waals surface area contributed by atoms with Crippen LogP contribution in [-0.2, 0) is 6.42 Å². The van der Waals surface area contributed by atoms with Gasteiger partial charge in [-0.25, -0.2) is 4.39 Å². The SMILES string of the molecule is O=C(NCCCc1ccc(O)cc1)c1ccc(-n2cccc2)c(F)c1. The van der Waals surface area contributed by atoms with Crippen molar-refractivity contribution < 1.29 is 14.3 Å². The molecule has 0 atom stereocenters. The number of carbonyl (C=O) groups is 1. The van der Waals surface area contributed by atoms with Crippen molar-refractivity contribution in [1.29, 1.82) is 0 Å². The van der Waals surface area contributed by atoms with Gasteiger partial charge in [-0.2, -0.15) is 0 Å². The molecule has 1 aromatic heterocycles. The third-order valence-electron chi connectivity index (χ3n) is 3.96. The fourth-order valence-electron chi connectivity index (χ4n) is 2.61. The second kappa shape index (κ2) is 7.66. The van der Waals surface area contributed by atoms with E-state index in [9.17, 15) is 14.3 Å². The molecule has 2 aromatic carbocycles. The van der Waals surface area contributed by atoms with Crippen LogP contribution in [0.3, 0.4) is 0 Å². The van der Waals surface area contributed by atoms with E-state index in [0.29, 0.717) is 17.8 Å². The van der Waals surface area contributed by atoms with Crippen LogP contribution in [-0.4, -0.2) is 22.1 Å². The summed E-state index contributed by atoms with van der Waals surface area (Å²) < 4.78 is 15.9. The second-order valence-corrected chi connectivity index (χ2v) is 5.78. The summed E-state index contributed by atoms with van der Waals surface area (Å²) in [6.07, 6.45) is 5.06. The monoisotopic (exact) mass is 338 g/mol. The van der Waals surface area contributed by atoms with E-state index in [-0.39, 0.29) is 11.7 Å². The highest BCUT2D eigenvalue weighted by Gasteiger charge is 2.10. The smallest absolute Gasteiger partial charge is 0.251 e. The van der Waals surface area contributed by atoms with Crippen LogP contribution in [0.5, 0.6) is 5.75 Å². The van der Waals surface area contributed by atoms with E-state index in [1.165, 1.54) is 6.07 Å². The summed E-state index contributed by atoms with van der Waals surface area (Å²) in [5.41, 5.74) is 1.81. The van der Waals surface area contributed by atoms with Crippen molar-refractivity contribution in [3.05, 3.63) is 83.9 Å². The molecule has 3 rings (SSSR count). The summed E-state index contributed by atoms with van der Waals surface area (Å²) in [7, 11) is 0. The number of amides is 1. The number of aromatic nitrogens is 1. The van der Waals surface area contributed by atoms with Crippen LogP contribution in [0.25, 0.3) is 5.69 Å². The lowest BCUT2D eigenvalue weighted by atomic mass is 10.1. The Balaban J connectivity index is 1.53. The van der Waals surface area contributed by atoms with Crippen molar-refractivity contribution >= 4 is 5.91 Å². The minimum absolute atomic E-state index is 0.238. The average Bonchev–Trinajstić information content (AvgIpc) is 3.14. The maximum atomic E-state index is 14.2. The van der Waals surface area contributed by atoms with Crippen molar-refractivity contribution in [2.45, 2.75) is 12.8 Å². The zero-order chi connectivity index (χ0) is 17.6. The average molecular weight is 338 g/mol. The topological polar surface area (TPSA) is 54.3 Å². The van der Waals surface area contributed by atoms with Crippen LogP contribution in [0.15, 0.2) is 67.0 Å². The Morgan fingerprint density at radius 1 is 1.08 bits per heavy atom. The van der Waals surface area contributed by atoms with Crippen LogP contribution in [0.1, 0.15) is 22.3 Å². The lowest BCUT2D eigenvalue weighted by Crippen LogP contribution is -2.25. The van der Waals surface area contributed by atoms with Gasteiger partial charge >= 0.3 is 0 Å². The van der Waals surface area contributed by atoms with Crippen molar-refractivity contribution in [1.82, 2.24) is 9.88 Å². The van der Waals surface area contributed by atoms with Gasteiger partial charge in [-0.05, 0) is 60.9 Å². The van der Waals surface area contributed by atoms with Gasteiger partial charge in [0.2, 0.25) is 0 Å². The predicted octanol–water partition coefficient (Wildman–Crippen LogP) is 3.68. The molecule has 0 spiro atoms. The number of nitrogens with zero attached hydrogens (tertiary/aromatic N) is 1. The number of hydrogen-bond acceptors (Lipinski definition) is 2. The number of rotatable bonds is 6. The molecule has 1 amide bonds. The van der Waals surface area contributed by atoms with Gasteiger partial charge in [-0.1, -0.05) is 12.1 Å². The van der Waals surface area contributed by atoms with Crippen LogP contribution in [0, 0.1) is 5.82 Å². The number of phenols is 1. The Labute approximate surface area is 145 Å². The summed E-state index contributed by atoms with van der Waals surface area (Å²) in [5, 5.41) is 12.0. The lowest BCUT2D eigenvalue weighted by molar-refractivity contribution is 0.0953. The minimum atomic E-state index is -0.437. The molecular formula is C20H19FN2O2. The van der Waals surface area contributed by atoms with Crippen LogP contribution in [0.2, 0.25) is 0 Å². The molecule has 5 heteroatoms. The fraction of sp³-hybridized carbons (Fsp3) is 0.150. The zero-order valence-corrected chi connectivity index (χ0v) is 13.7. The normalized spacial score (nSPS) is 10.6. The first-order valence-electron chi connectivity index (χ1n) is 8.12. The summed E-state index contributed by atoms with van der Waals surface area (Å²) in [6.45, 7) is 0.501. The third-order valence-corrected chi connectivity index (χ3v) is 3.96. The lowest BCUT2D eigenvalue weighted by Gasteiger charge is -2.08. The highest BCUT2D eigenvalue weighted by molar-refractivity contribution is 5.94. The van der Waals surface area contributed by atoms with Gasteiger partial charge in [-0.15, -0.1) is 0 Å². The van der Waals surface area contributed by atoms with Crippen molar-refractivity contribution in [2.75, 3.05) is 6.54 Å². The highest BCUT2D eigenvalue weighted by atomic mass is 19.1. The van der Waals surface area contributed by atoms with E-state index in [1.54, 1.807) is 41.2 Å². The van der Waals surface area contributed by atoms with E-state index in [0.717, 1.165) is 18.4 Å². The zero-order valence-electron chi connectivity index (χ0n) is 13.7. The molecule has 0 saturated heterocycles. The van der Waals surface area contributed by atoms with E-state index in [1.807, 2.05) is 24.3 Å². The molecule has 1 heterocycles. The van der Waals surface area contributed by atoms with E-state index >= 15 is 0 Å². The minimum Gasteiger partial charge on any atom is -0.508 e. The Morgan fingerprint density at radius 3 is 2.48 bits per heavy atom. The van der Waals surface area contributed by atoms with Gasteiger partial charge in [0.25, 0.3) is 5.91 Å². The van der Waals surface area contributed by atoms with Crippen molar-refractivity contribution in [3.63, 3.8) is 0 Å². The van der Waals surface area contributed by atoms with Gasteiger partial charge in [0.15, 0.2) is 0 Å². The summed E-state index contributed by atoms with van der Waals surface area (Å²) in [4.78, 5) is 12.1. The van der Waals surface area contributed by atoms with E-state index in [2.05, 4.69) is 5.32 Å². The Morgan fingerprint density at radius 2 is 1.80 bits per heavy atom. The Bertz CT molecular complexity index is 843. The molecule has 128 valence electrons. The first-order valence-corrected chi connectivity index (χ1v) is 8.12. The first-order chi connectivity index (χ1) is 12.1. The number of aromatic hydroxyl groups is 1. The van der Waals surface area contributed by atoms with Crippen LogP contribution in [0.4, 0.5) is 4.39 Å². The molecule has 2 N–H and O–H groups in total. The molecule has 0 saturated carbocycles. The summed E-state index contributed by atoms with van der Waals surface area (Å²) >= 11 is 0. The molecular weight excluding hydrogens is 319 g/mol. The second-order valence-electron chi connectivity index (χ2n) is 5.78. The molecule has 0 unspecified atom stereocenters. The van der Waals surface area contributed by atoms with Crippen LogP contribution >= 0.6 is 0 Å². The largest absolute Gasteiger partial charge is 0.508 e. The summed E-state index contributed by atoms with van der Waals surface area (Å²) in [5.74, 6) is -0.487. The Kier molecular flexibility index (Phi) is 5.14. The number of hydrogen-bond donors (Lipinski definition) is 2. The highest BCUT2D eigenvalue weighted by Crippen LogP contribution is 2.15. The standard InChI is InChI=1S/C20H19FN2O2/c21-18-14-16(7-10-19(18)23-12-1-2-13-23)20(25)22-11-3-4-15-5-8-17(24)9-6-15/h1-2,5-10,12-14,24H,3-4,11H2,(H,22,25). The molecule has 4 nitrogen and oxygen atoms in total. The maximum absolute atomic E-state index is 14.2. The van der Waals surface area contributed by atoms with Gasteiger partial charge in [-0.3, -0.25) is 4.79 Å². The summed E-state index contributed by atoms with van der Waals surface area (Å²) in [6, 6.07) is 15.1. The van der Waals surface area contributed by atoms with E-state index < -0.39 is 5.82 Å². The molecule has 0 bridgehead atoms. The molecule has 0 aliphatic heterocycles. The van der Waals surface area contributed by atoms with Crippen LogP contribution < -0.4 is 5.32 Å². The maximum Gasteiger partial charge on any atom is 0.251 e. The Hall–Kier alpha value is -3.08. The molecule has 0 aliphatic carbocycles. The van der Waals surface area contributed by atoms with Gasteiger partial charge in [0, 0.05) is 24.5 Å². The van der Waals surface area contributed by atoms with Crippen molar-refractivity contribution in [3.8, 4) is 11.4 Å². The van der Waals surface area contributed by atoms with Gasteiger partial charge < -0.3 is 15.0 Å². The number of halogens is 1. The fourth-order valence-corrected chi connectivity index (χ4v) is 2.61. The predicted molar refractivity (Wildman–Crippen MR) is 94.5 cm³/mol. The van der Waals surface area contributed by atoms with Gasteiger partial charge in [0.05, 0.1) is 5.69 Å². The van der Waals surface area contributed by atoms with E-state index in [4.69, 9.17) is 0 Å². The molecule has 25 heavy (non-hydrogen) atoms. The van der Waals surface area contributed by atoms with Gasteiger partial charge in [0.1, 0.15) is 11.6 Å². The third kappa shape index (κ3) is 4.26. The number of phenolic OH excluding ortho intramolecular Hbond substituents is 1. The number of carbonyl (C=O) groups excluding carboxylic acids is 1. The molecule has 0 radical (unpaired) electrons. The molecule has 0 aliphatic rings. The molecule has 3 aromatic rings.